The second-order valence-corrected chi connectivity index (χ2v) is 6.51. The van der Waals surface area contributed by atoms with Crippen molar-refractivity contribution in [3.05, 3.63) is 65.2 Å². The minimum absolute atomic E-state index is 0.121. The molecule has 0 bridgehead atoms. The first-order chi connectivity index (χ1) is 11.1. The highest BCUT2D eigenvalue weighted by atomic mass is 32.2. The van der Waals surface area contributed by atoms with Gasteiger partial charge in [-0.25, -0.2) is 4.98 Å². The number of carbonyl (C=O) groups excluding carboxylic acids is 1. The Hall–Kier alpha value is -2.27. The molecular formula is C18H19N3OS. The number of nitrogens with one attached hydrogen (secondary N) is 1. The van der Waals surface area contributed by atoms with Gasteiger partial charge >= 0.3 is 0 Å². The maximum atomic E-state index is 12.4. The average molecular weight is 325 g/mol. The van der Waals surface area contributed by atoms with Crippen LogP contribution < -0.4 is 0 Å². The highest BCUT2D eigenvalue weighted by Crippen LogP contribution is 2.24. The zero-order valence-corrected chi connectivity index (χ0v) is 14.3. The molecule has 1 aromatic carbocycles. The molecule has 0 aliphatic rings. The summed E-state index contributed by atoms with van der Waals surface area (Å²) < 4.78 is 2.03. The van der Waals surface area contributed by atoms with Crippen molar-refractivity contribution in [1.29, 1.82) is 0 Å². The topological polar surface area (TPSA) is 50.7 Å². The number of carbonyl (C=O) groups is 1. The number of para-hydroxylation sites is 1. The summed E-state index contributed by atoms with van der Waals surface area (Å²) in [4.78, 5) is 20.0. The minimum atomic E-state index is 0.121. The van der Waals surface area contributed by atoms with Crippen molar-refractivity contribution in [2.45, 2.75) is 25.9 Å². The monoisotopic (exact) mass is 325 g/mol. The molecule has 0 saturated carbocycles. The van der Waals surface area contributed by atoms with Crippen LogP contribution in [-0.4, -0.2) is 26.1 Å². The third-order valence-electron chi connectivity index (χ3n) is 3.76. The Balaban J connectivity index is 1.78. The molecular weight excluding hydrogens is 306 g/mol. The zero-order valence-electron chi connectivity index (χ0n) is 13.5. The molecule has 1 N–H and O–H groups in total. The number of hydrogen-bond acceptors (Lipinski definition) is 3. The number of H-pyrrole nitrogens is 1. The molecule has 118 valence electrons. The lowest BCUT2D eigenvalue weighted by Crippen LogP contribution is -2.05. The van der Waals surface area contributed by atoms with E-state index < -0.39 is 0 Å². The van der Waals surface area contributed by atoms with Crippen molar-refractivity contribution in [2.75, 3.05) is 5.75 Å². The zero-order chi connectivity index (χ0) is 16.4. The lowest BCUT2D eigenvalue weighted by molar-refractivity contribution is 0.102. The van der Waals surface area contributed by atoms with Crippen molar-refractivity contribution in [3.8, 4) is 5.69 Å². The number of ketones is 1. The molecule has 0 saturated heterocycles. The predicted octanol–water partition coefficient (Wildman–Crippen LogP) is 4.10. The molecule has 2 heterocycles. The van der Waals surface area contributed by atoms with E-state index >= 15 is 0 Å². The second-order valence-electron chi connectivity index (χ2n) is 5.57. The van der Waals surface area contributed by atoms with E-state index in [4.69, 9.17) is 0 Å². The van der Waals surface area contributed by atoms with Crippen molar-refractivity contribution in [2.24, 2.45) is 0 Å². The molecule has 4 nitrogen and oxygen atoms in total. The van der Waals surface area contributed by atoms with Crippen LogP contribution in [0.25, 0.3) is 5.69 Å². The van der Waals surface area contributed by atoms with Crippen LogP contribution in [0.15, 0.2) is 47.9 Å². The summed E-state index contributed by atoms with van der Waals surface area (Å²) in [5.74, 6) is 0.497. The van der Waals surface area contributed by atoms with Crippen LogP contribution in [0.2, 0.25) is 0 Å². The van der Waals surface area contributed by atoms with E-state index in [2.05, 4.69) is 29.0 Å². The van der Waals surface area contributed by atoms with Crippen LogP contribution in [0.5, 0.6) is 0 Å². The molecule has 5 heteroatoms. The van der Waals surface area contributed by atoms with Gasteiger partial charge in [-0.05, 0) is 38.5 Å². The standard InChI is InChI=1S/C18H19N3OS/c1-12-6-4-5-7-16(12)21-9-8-19-18(21)23-11-17(22)15-10-13(2)20-14(15)3/h4-10,20H,11H2,1-3H3. The Kier molecular flexibility index (Phi) is 4.39. The summed E-state index contributed by atoms with van der Waals surface area (Å²) in [5.41, 5.74) is 4.97. The van der Waals surface area contributed by atoms with Crippen LogP contribution in [0.4, 0.5) is 0 Å². The minimum Gasteiger partial charge on any atom is -0.362 e. The lowest BCUT2D eigenvalue weighted by atomic mass is 10.2. The molecule has 0 fully saturated rings. The van der Waals surface area contributed by atoms with Gasteiger partial charge in [0.25, 0.3) is 0 Å². The van der Waals surface area contributed by atoms with Gasteiger partial charge in [0.15, 0.2) is 10.9 Å². The van der Waals surface area contributed by atoms with Gasteiger partial charge in [-0.2, -0.15) is 0 Å². The van der Waals surface area contributed by atoms with E-state index in [1.54, 1.807) is 6.20 Å². The maximum absolute atomic E-state index is 12.4. The summed E-state index contributed by atoms with van der Waals surface area (Å²) >= 11 is 1.47. The fourth-order valence-corrected chi connectivity index (χ4v) is 3.48. The number of imidazole rings is 1. The van der Waals surface area contributed by atoms with Crippen molar-refractivity contribution in [1.82, 2.24) is 14.5 Å². The molecule has 0 atom stereocenters. The fourth-order valence-electron chi connectivity index (χ4n) is 2.63. The normalized spacial score (nSPS) is 10.9. The molecule has 23 heavy (non-hydrogen) atoms. The van der Waals surface area contributed by atoms with E-state index in [0.717, 1.165) is 27.8 Å². The largest absolute Gasteiger partial charge is 0.362 e. The second kappa shape index (κ2) is 6.46. The molecule has 2 aromatic heterocycles. The number of Topliss-reactive ketones (excluding diaryl/α,β-unsaturated/α-hetero) is 1. The van der Waals surface area contributed by atoms with Crippen LogP contribution in [0.1, 0.15) is 27.3 Å². The van der Waals surface area contributed by atoms with Crippen molar-refractivity contribution >= 4 is 17.5 Å². The Bertz CT molecular complexity index is 848. The maximum Gasteiger partial charge on any atom is 0.174 e. The quantitative estimate of drug-likeness (QED) is 0.567. The highest BCUT2D eigenvalue weighted by Gasteiger charge is 2.14. The summed E-state index contributed by atoms with van der Waals surface area (Å²) in [7, 11) is 0. The van der Waals surface area contributed by atoms with Gasteiger partial charge in [0, 0.05) is 29.3 Å². The number of hydrogen-bond donors (Lipinski definition) is 1. The van der Waals surface area contributed by atoms with E-state index in [-0.39, 0.29) is 5.78 Å². The van der Waals surface area contributed by atoms with Crippen LogP contribution in [-0.2, 0) is 0 Å². The van der Waals surface area contributed by atoms with Gasteiger partial charge in [-0.1, -0.05) is 30.0 Å². The number of benzene rings is 1. The first kappa shape index (κ1) is 15.6. The molecule has 3 rings (SSSR count). The van der Waals surface area contributed by atoms with E-state index in [1.807, 2.05) is 42.8 Å². The van der Waals surface area contributed by atoms with Gasteiger partial charge in [0.05, 0.1) is 11.4 Å². The number of aromatic nitrogens is 3. The van der Waals surface area contributed by atoms with Crippen molar-refractivity contribution in [3.63, 3.8) is 0 Å². The van der Waals surface area contributed by atoms with Crippen LogP contribution in [0, 0.1) is 20.8 Å². The summed E-state index contributed by atoms with van der Waals surface area (Å²) in [6, 6.07) is 10.1. The third kappa shape index (κ3) is 3.24. The smallest absolute Gasteiger partial charge is 0.174 e. The molecule has 0 spiro atoms. The predicted molar refractivity (Wildman–Crippen MR) is 93.6 cm³/mol. The number of thioether (sulfide) groups is 1. The number of rotatable bonds is 5. The van der Waals surface area contributed by atoms with Gasteiger partial charge in [-0.3, -0.25) is 9.36 Å². The Morgan fingerprint density at radius 2 is 2.04 bits per heavy atom. The lowest BCUT2D eigenvalue weighted by Gasteiger charge is -2.09. The molecule has 3 aromatic rings. The SMILES string of the molecule is Cc1cc(C(=O)CSc2nccn2-c2ccccc2C)c(C)[nH]1. The molecule has 0 unspecified atom stereocenters. The molecule has 0 radical (unpaired) electrons. The molecule has 0 aliphatic heterocycles. The first-order valence-electron chi connectivity index (χ1n) is 7.48. The third-order valence-corrected chi connectivity index (χ3v) is 4.73. The molecule has 0 aliphatic carbocycles. The van der Waals surface area contributed by atoms with E-state index in [1.165, 1.54) is 17.3 Å². The Morgan fingerprint density at radius 3 is 2.74 bits per heavy atom. The van der Waals surface area contributed by atoms with Crippen LogP contribution >= 0.6 is 11.8 Å². The Labute approximate surface area is 140 Å². The average Bonchev–Trinajstić information content (AvgIpc) is 3.11. The summed E-state index contributed by atoms with van der Waals surface area (Å²) in [5, 5.41) is 0.831. The van der Waals surface area contributed by atoms with E-state index in [9.17, 15) is 4.79 Å². The van der Waals surface area contributed by atoms with E-state index in [0.29, 0.717) is 5.75 Å². The van der Waals surface area contributed by atoms with Crippen LogP contribution in [0.3, 0.4) is 0 Å². The number of nitrogens with zero attached hydrogens (tertiary/aromatic N) is 2. The summed E-state index contributed by atoms with van der Waals surface area (Å²) in [6.45, 7) is 5.96. The van der Waals surface area contributed by atoms with Gasteiger partial charge in [-0.15, -0.1) is 0 Å². The van der Waals surface area contributed by atoms with Crippen molar-refractivity contribution < 1.29 is 4.79 Å². The van der Waals surface area contributed by atoms with Gasteiger partial charge in [0.2, 0.25) is 0 Å². The van der Waals surface area contributed by atoms with Gasteiger partial charge < -0.3 is 4.98 Å². The summed E-state index contributed by atoms with van der Waals surface area (Å²) in [6.07, 6.45) is 3.70. The number of aromatic amines is 1. The number of aryl methyl sites for hydroxylation is 3. The highest BCUT2D eigenvalue weighted by molar-refractivity contribution is 7.99. The fraction of sp³-hybridized carbons (Fsp3) is 0.222. The Morgan fingerprint density at radius 1 is 1.26 bits per heavy atom. The van der Waals surface area contributed by atoms with Gasteiger partial charge in [0.1, 0.15) is 0 Å². The first-order valence-corrected chi connectivity index (χ1v) is 8.46. The molecule has 0 amide bonds.